The Morgan fingerprint density at radius 2 is 1.55 bits per heavy atom. The van der Waals surface area contributed by atoms with Gasteiger partial charge in [-0.25, -0.2) is 13.2 Å². The molecule has 0 aliphatic heterocycles. The van der Waals surface area contributed by atoms with E-state index in [0.29, 0.717) is 5.39 Å². The molecule has 3 rings (SSSR count). The number of carbonyl (C=O) groups is 1. The molecule has 9 heteroatoms. The second-order valence-corrected chi connectivity index (χ2v) is 10.6. The quantitative estimate of drug-likeness (QED) is 0.516. The standard InChI is InChI=1S/C20H16Cl3NO4S/c21-20(22,23)18(24-19(25)28-13-14-6-2-1-3-7-14)29(26,27)17-11-10-15-8-4-5-9-16(15)12-17/h1-12,18H,13H2,(H,24,25)/t18-/m0/s1. The number of benzene rings is 3. The molecule has 5 nitrogen and oxygen atoms in total. The van der Waals surface area contributed by atoms with E-state index < -0.39 is 25.1 Å². The molecule has 1 atom stereocenters. The van der Waals surface area contributed by atoms with Gasteiger partial charge in [0.25, 0.3) is 0 Å². The third-order valence-electron chi connectivity index (χ3n) is 4.12. The van der Waals surface area contributed by atoms with E-state index in [4.69, 9.17) is 39.5 Å². The summed E-state index contributed by atoms with van der Waals surface area (Å²) in [5.74, 6) is 0. The largest absolute Gasteiger partial charge is 0.445 e. The number of amides is 1. The normalized spacial score (nSPS) is 13.1. The summed E-state index contributed by atoms with van der Waals surface area (Å²) in [6.45, 7) is -0.0602. The van der Waals surface area contributed by atoms with E-state index in [1.54, 1.807) is 42.5 Å². The molecule has 1 amide bonds. The molecule has 0 saturated carbocycles. The molecule has 3 aromatic carbocycles. The molecule has 0 saturated heterocycles. The molecule has 0 aliphatic carbocycles. The van der Waals surface area contributed by atoms with E-state index in [0.717, 1.165) is 10.9 Å². The van der Waals surface area contributed by atoms with Crippen molar-refractivity contribution in [2.24, 2.45) is 0 Å². The maximum atomic E-state index is 13.1. The number of alkyl halides is 3. The van der Waals surface area contributed by atoms with E-state index in [9.17, 15) is 13.2 Å². The molecule has 0 aliphatic rings. The summed E-state index contributed by atoms with van der Waals surface area (Å²) in [7, 11) is -4.24. The van der Waals surface area contributed by atoms with Crippen molar-refractivity contribution in [2.45, 2.75) is 20.7 Å². The molecule has 152 valence electrons. The lowest BCUT2D eigenvalue weighted by Crippen LogP contribution is -2.49. The molecule has 1 N–H and O–H groups in total. The van der Waals surface area contributed by atoms with E-state index in [2.05, 4.69) is 5.32 Å². The average molecular weight is 473 g/mol. The van der Waals surface area contributed by atoms with Crippen LogP contribution in [0.15, 0.2) is 77.7 Å². The summed E-state index contributed by atoms with van der Waals surface area (Å²) >= 11 is 17.7. The number of carbonyl (C=O) groups excluding carboxylic acids is 1. The summed E-state index contributed by atoms with van der Waals surface area (Å²) in [6, 6.07) is 20.6. The minimum absolute atomic E-state index is 0.0602. The van der Waals surface area contributed by atoms with Crippen LogP contribution in [0.2, 0.25) is 0 Å². The Morgan fingerprint density at radius 3 is 2.21 bits per heavy atom. The number of hydrogen-bond acceptors (Lipinski definition) is 4. The fraction of sp³-hybridized carbons (Fsp3) is 0.150. The summed E-state index contributed by atoms with van der Waals surface area (Å²) in [5.41, 5.74) is 0.727. The summed E-state index contributed by atoms with van der Waals surface area (Å²) in [5, 5.41) is 1.88. The third-order valence-corrected chi connectivity index (χ3v) is 7.16. The summed E-state index contributed by atoms with van der Waals surface area (Å²) in [6.07, 6.45) is -1.02. The van der Waals surface area contributed by atoms with Crippen molar-refractivity contribution in [2.75, 3.05) is 0 Å². The van der Waals surface area contributed by atoms with Gasteiger partial charge in [-0.1, -0.05) is 95.5 Å². The smallest absolute Gasteiger partial charge is 0.408 e. The number of rotatable bonds is 5. The van der Waals surface area contributed by atoms with Gasteiger partial charge in [0.15, 0.2) is 5.37 Å². The lowest BCUT2D eigenvalue weighted by atomic mass is 10.1. The van der Waals surface area contributed by atoms with Gasteiger partial charge in [-0.15, -0.1) is 0 Å². The van der Waals surface area contributed by atoms with E-state index in [-0.39, 0.29) is 11.5 Å². The minimum atomic E-state index is -4.24. The first-order valence-electron chi connectivity index (χ1n) is 8.44. The SMILES string of the molecule is O=C(N[C@H](C(Cl)(Cl)Cl)S(=O)(=O)c1ccc2ccccc2c1)OCc1ccccc1. The molecule has 0 spiro atoms. The Bertz CT molecular complexity index is 1120. The predicted octanol–water partition coefficient (Wildman–Crippen LogP) is 5.24. The average Bonchev–Trinajstić information content (AvgIpc) is 2.70. The van der Waals surface area contributed by atoms with Crippen LogP contribution in [-0.4, -0.2) is 23.7 Å². The monoisotopic (exact) mass is 471 g/mol. The highest BCUT2D eigenvalue weighted by atomic mass is 35.6. The van der Waals surface area contributed by atoms with Crippen LogP contribution in [0.25, 0.3) is 10.8 Å². The number of nitrogens with one attached hydrogen (secondary N) is 1. The predicted molar refractivity (Wildman–Crippen MR) is 115 cm³/mol. The van der Waals surface area contributed by atoms with Crippen molar-refractivity contribution in [3.8, 4) is 0 Å². The van der Waals surface area contributed by atoms with Crippen LogP contribution in [0.4, 0.5) is 4.79 Å². The Kier molecular flexibility index (Phi) is 6.58. The van der Waals surface area contributed by atoms with Gasteiger partial charge in [0, 0.05) is 0 Å². The van der Waals surface area contributed by atoms with Gasteiger partial charge in [-0.3, -0.25) is 0 Å². The number of sulfone groups is 1. The van der Waals surface area contributed by atoms with Crippen LogP contribution in [0.1, 0.15) is 5.56 Å². The zero-order chi connectivity index (χ0) is 21.1. The zero-order valence-corrected chi connectivity index (χ0v) is 18.0. The molecule has 0 unspecified atom stereocenters. The van der Waals surface area contributed by atoms with Crippen LogP contribution in [-0.2, 0) is 21.2 Å². The van der Waals surface area contributed by atoms with Gasteiger partial charge in [-0.2, -0.15) is 0 Å². The molecular formula is C20H16Cl3NO4S. The topological polar surface area (TPSA) is 72.5 Å². The highest BCUT2D eigenvalue weighted by molar-refractivity contribution is 7.92. The Labute approximate surface area is 183 Å². The van der Waals surface area contributed by atoms with Gasteiger partial charge >= 0.3 is 6.09 Å². The maximum Gasteiger partial charge on any atom is 0.408 e. The fourth-order valence-electron chi connectivity index (χ4n) is 2.69. The van der Waals surface area contributed by atoms with Crippen molar-refractivity contribution >= 4 is 61.5 Å². The minimum Gasteiger partial charge on any atom is -0.445 e. The number of fused-ring (bicyclic) bond motifs is 1. The van der Waals surface area contributed by atoms with E-state index in [1.165, 1.54) is 12.1 Å². The number of halogens is 3. The van der Waals surface area contributed by atoms with Crippen molar-refractivity contribution in [3.63, 3.8) is 0 Å². The second kappa shape index (κ2) is 8.79. The van der Waals surface area contributed by atoms with Gasteiger partial charge in [0.05, 0.1) is 4.90 Å². The van der Waals surface area contributed by atoms with Crippen LogP contribution in [0.5, 0.6) is 0 Å². The Hall–Kier alpha value is -1.99. The summed E-state index contributed by atoms with van der Waals surface area (Å²) in [4.78, 5) is 12.1. The molecule has 0 radical (unpaired) electrons. The van der Waals surface area contributed by atoms with E-state index in [1.807, 2.05) is 18.2 Å². The highest BCUT2D eigenvalue weighted by Crippen LogP contribution is 2.36. The molecule has 0 fully saturated rings. The highest BCUT2D eigenvalue weighted by Gasteiger charge is 2.45. The number of ether oxygens (including phenoxy) is 1. The molecule has 29 heavy (non-hydrogen) atoms. The van der Waals surface area contributed by atoms with Crippen molar-refractivity contribution in [1.82, 2.24) is 5.32 Å². The van der Waals surface area contributed by atoms with Gasteiger partial charge in [0.2, 0.25) is 13.6 Å². The lowest BCUT2D eigenvalue weighted by molar-refractivity contribution is 0.138. The van der Waals surface area contributed by atoms with Crippen LogP contribution in [0, 0.1) is 0 Å². The van der Waals surface area contributed by atoms with Crippen molar-refractivity contribution in [3.05, 3.63) is 78.4 Å². The number of hydrogen-bond donors (Lipinski definition) is 1. The summed E-state index contributed by atoms with van der Waals surface area (Å²) < 4.78 is 29.0. The maximum absolute atomic E-state index is 13.1. The first-order valence-corrected chi connectivity index (χ1v) is 11.1. The lowest BCUT2D eigenvalue weighted by Gasteiger charge is -2.25. The van der Waals surface area contributed by atoms with E-state index >= 15 is 0 Å². The first kappa shape index (κ1) is 21.7. The zero-order valence-electron chi connectivity index (χ0n) is 14.9. The molecule has 0 aromatic heterocycles. The van der Waals surface area contributed by atoms with Crippen LogP contribution >= 0.6 is 34.8 Å². The molecule has 0 bridgehead atoms. The van der Waals surface area contributed by atoms with Crippen molar-refractivity contribution < 1.29 is 17.9 Å². The van der Waals surface area contributed by atoms with Crippen molar-refractivity contribution in [1.29, 1.82) is 0 Å². The first-order chi connectivity index (χ1) is 13.7. The van der Waals surface area contributed by atoms with Crippen LogP contribution < -0.4 is 5.32 Å². The molecule has 0 heterocycles. The fourth-order valence-corrected chi connectivity index (χ4v) is 5.33. The third kappa shape index (κ3) is 5.34. The Morgan fingerprint density at radius 1 is 0.931 bits per heavy atom. The number of alkyl carbamates (subject to hydrolysis) is 1. The van der Waals surface area contributed by atoms with Gasteiger partial charge in [0.1, 0.15) is 6.61 Å². The van der Waals surface area contributed by atoms with Crippen LogP contribution in [0.3, 0.4) is 0 Å². The Balaban J connectivity index is 1.83. The second-order valence-electron chi connectivity index (χ2n) is 6.18. The van der Waals surface area contributed by atoms with Gasteiger partial charge < -0.3 is 10.1 Å². The molecular weight excluding hydrogens is 457 g/mol. The molecule has 3 aromatic rings. The van der Waals surface area contributed by atoms with Gasteiger partial charge in [-0.05, 0) is 28.5 Å².